The van der Waals surface area contributed by atoms with Crippen LogP contribution in [0.4, 0.5) is 0 Å². The highest BCUT2D eigenvalue weighted by atomic mass is 31.2. The predicted octanol–water partition coefficient (Wildman–Crippen LogP) is 1.96. The number of hydrogen-bond donors (Lipinski definition) is 0. The summed E-state index contributed by atoms with van der Waals surface area (Å²) in [6.45, 7) is 2.58. The molecule has 0 spiro atoms. The van der Waals surface area contributed by atoms with E-state index in [1.807, 2.05) is 0 Å². The quantitative estimate of drug-likeness (QED) is 0.459. The fourth-order valence-corrected chi connectivity index (χ4v) is 4.36. The second-order valence-electron chi connectivity index (χ2n) is 6.28. The highest BCUT2D eigenvalue weighted by molar-refractivity contribution is 7.48. The summed E-state index contributed by atoms with van der Waals surface area (Å²) < 4.78 is 27.5. The van der Waals surface area contributed by atoms with Crippen molar-refractivity contribution in [1.29, 1.82) is 0 Å². The Labute approximate surface area is 167 Å². The van der Waals surface area contributed by atoms with Crippen LogP contribution in [0.2, 0.25) is 0 Å². The monoisotopic (exact) mass is 424 g/mol. The van der Waals surface area contributed by atoms with Gasteiger partial charge in [0.1, 0.15) is 12.8 Å². The van der Waals surface area contributed by atoms with E-state index in [-0.39, 0.29) is 37.2 Å². The van der Waals surface area contributed by atoms with Gasteiger partial charge in [-0.3, -0.25) is 42.5 Å². The molecular weight excluding hydrogens is 403 g/mol. The maximum absolute atomic E-state index is 12.9. The van der Waals surface area contributed by atoms with Crippen LogP contribution in [0, 0.1) is 0 Å². The highest BCUT2D eigenvalue weighted by Gasteiger charge is 2.47. The molecule has 0 aliphatic carbocycles. The summed E-state index contributed by atoms with van der Waals surface area (Å²) in [5.41, 5.74) is 0.421. The SMILES string of the molecule is CCOP(=O)(OCC)OCN1C(=O)CCC(N2C(=O)c3ccccc3C2=O)C1=O. The Bertz CT molecular complexity index is 857. The molecule has 0 aromatic heterocycles. The van der Waals surface area contributed by atoms with Crippen molar-refractivity contribution in [2.24, 2.45) is 0 Å². The van der Waals surface area contributed by atoms with E-state index in [1.165, 1.54) is 12.1 Å². The summed E-state index contributed by atoms with van der Waals surface area (Å²) >= 11 is 0. The van der Waals surface area contributed by atoms with Crippen LogP contribution in [0.5, 0.6) is 0 Å². The average molecular weight is 424 g/mol. The van der Waals surface area contributed by atoms with E-state index in [9.17, 15) is 23.7 Å². The van der Waals surface area contributed by atoms with E-state index in [2.05, 4.69) is 0 Å². The minimum Gasteiger partial charge on any atom is -0.287 e. The lowest BCUT2D eigenvalue weighted by atomic mass is 10.0. The summed E-state index contributed by atoms with van der Waals surface area (Å²) in [5.74, 6) is -2.53. The molecule has 1 fully saturated rings. The van der Waals surface area contributed by atoms with E-state index >= 15 is 0 Å². The number of imide groups is 2. The first-order chi connectivity index (χ1) is 13.8. The molecule has 3 rings (SSSR count). The van der Waals surface area contributed by atoms with Gasteiger partial charge in [0.25, 0.3) is 17.7 Å². The van der Waals surface area contributed by atoms with Gasteiger partial charge in [-0.15, -0.1) is 0 Å². The molecule has 1 aromatic rings. The summed E-state index contributed by atoms with van der Waals surface area (Å²) in [6, 6.07) is 5.12. The number of benzene rings is 1. The van der Waals surface area contributed by atoms with Gasteiger partial charge in [-0.05, 0) is 32.4 Å². The number of rotatable bonds is 8. The minimum atomic E-state index is -3.95. The number of phosphoric acid groups is 1. The lowest BCUT2D eigenvalue weighted by Gasteiger charge is -2.34. The highest BCUT2D eigenvalue weighted by Crippen LogP contribution is 2.49. The summed E-state index contributed by atoms with van der Waals surface area (Å²) in [4.78, 5) is 52.1. The van der Waals surface area contributed by atoms with Crippen molar-refractivity contribution in [3.8, 4) is 0 Å². The van der Waals surface area contributed by atoms with Crippen LogP contribution in [0.25, 0.3) is 0 Å². The van der Waals surface area contributed by atoms with Gasteiger partial charge < -0.3 is 0 Å². The van der Waals surface area contributed by atoms with Crippen molar-refractivity contribution in [3.05, 3.63) is 35.4 Å². The second kappa shape index (κ2) is 8.54. The maximum Gasteiger partial charge on any atom is 0.476 e. The van der Waals surface area contributed by atoms with E-state index in [4.69, 9.17) is 13.6 Å². The predicted molar refractivity (Wildman–Crippen MR) is 98.6 cm³/mol. The van der Waals surface area contributed by atoms with Gasteiger partial charge in [-0.2, -0.15) is 0 Å². The van der Waals surface area contributed by atoms with Crippen molar-refractivity contribution in [2.75, 3.05) is 19.9 Å². The molecule has 2 aliphatic rings. The van der Waals surface area contributed by atoms with Crippen molar-refractivity contribution in [3.63, 3.8) is 0 Å². The molecule has 0 saturated carbocycles. The molecule has 11 heteroatoms. The van der Waals surface area contributed by atoms with Crippen LogP contribution < -0.4 is 0 Å². The van der Waals surface area contributed by atoms with Crippen LogP contribution in [0.1, 0.15) is 47.4 Å². The van der Waals surface area contributed by atoms with Crippen molar-refractivity contribution in [1.82, 2.24) is 9.80 Å². The Morgan fingerprint density at radius 1 is 0.966 bits per heavy atom. The molecular formula is C18H21N2O8P. The molecule has 29 heavy (non-hydrogen) atoms. The first-order valence-electron chi connectivity index (χ1n) is 9.17. The van der Waals surface area contributed by atoms with Gasteiger partial charge in [-0.1, -0.05) is 12.1 Å². The average Bonchev–Trinajstić information content (AvgIpc) is 2.93. The minimum absolute atomic E-state index is 0.00815. The molecule has 1 aromatic carbocycles. The number of piperidine rings is 1. The molecule has 2 heterocycles. The number of amides is 4. The van der Waals surface area contributed by atoms with E-state index in [1.54, 1.807) is 26.0 Å². The molecule has 4 amide bonds. The Balaban J connectivity index is 1.78. The Hall–Kier alpha value is -2.39. The Morgan fingerprint density at radius 3 is 2.03 bits per heavy atom. The zero-order valence-corrected chi connectivity index (χ0v) is 16.9. The van der Waals surface area contributed by atoms with Gasteiger partial charge in [0.15, 0.2) is 0 Å². The summed E-state index contributed by atoms with van der Waals surface area (Å²) in [6.07, 6.45) is -0.0744. The third-order valence-electron chi connectivity index (χ3n) is 4.54. The van der Waals surface area contributed by atoms with Gasteiger partial charge in [0, 0.05) is 6.42 Å². The number of hydrogen-bond acceptors (Lipinski definition) is 8. The molecule has 156 valence electrons. The maximum atomic E-state index is 12.9. The van der Waals surface area contributed by atoms with E-state index < -0.39 is 44.2 Å². The molecule has 10 nitrogen and oxygen atoms in total. The Morgan fingerprint density at radius 2 is 1.52 bits per heavy atom. The van der Waals surface area contributed by atoms with E-state index in [0.29, 0.717) is 0 Å². The van der Waals surface area contributed by atoms with Crippen LogP contribution in [0.15, 0.2) is 24.3 Å². The number of fused-ring (bicyclic) bond motifs is 1. The van der Waals surface area contributed by atoms with E-state index in [0.717, 1.165) is 9.80 Å². The second-order valence-corrected chi connectivity index (χ2v) is 7.95. The van der Waals surface area contributed by atoms with Crippen LogP contribution in [-0.4, -0.2) is 59.4 Å². The smallest absolute Gasteiger partial charge is 0.287 e. The lowest BCUT2D eigenvalue weighted by molar-refractivity contribution is -0.155. The van der Waals surface area contributed by atoms with Crippen molar-refractivity contribution in [2.45, 2.75) is 32.7 Å². The first-order valence-corrected chi connectivity index (χ1v) is 10.6. The summed E-state index contributed by atoms with van der Waals surface area (Å²) in [7, 11) is -3.95. The van der Waals surface area contributed by atoms with Crippen molar-refractivity contribution < 1.29 is 37.3 Å². The molecule has 2 aliphatic heterocycles. The largest absolute Gasteiger partial charge is 0.476 e. The fourth-order valence-electron chi connectivity index (χ4n) is 3.24. The number of nitrogens with zero attached hydrogens (tertiary/aromatic N) is 2. The molecule has 0 bridgehead atoms. The zero-order chi connectivity index (χ0) is 21.2. The van der Waals surface area contributed by atoms with Crippen molar-refractivity contribution >= 4 is 31.5 Å². The molecule has 1 unspecified atom stereocenters. The summed E-state index contributed by atoms with van der Waals surface area (Å²) in [5, 5.41) is 0. The Kier molecular flexibility index (Phi) is 6.28. The first kappa shape index (κ1) is 21.3. The third kappa shape index (κ3) is 4.02. The topological polar surface area (TPSA) is 120 Å². The fraction of sp³-hybridized carbons (Fsp3) is 0.444. The molecule has 1 atom stereocenters. The van der Waals surface area contributed by atoms with Gasteiger partial charge in [0.05, 0.1) is 24.3 Å². The standard InChI is InChI=1S/C18H21N2O8P/c1-3-26-29(25,27-4-2)28-11-19-15(21)10-9-14(18(19)24)20-16(22)12-7-5-6-8-13(12)17(20)23/h5-8,14H,3-4,9-11H2,1-2H3. The lowest BCUT2D eigenvalue weighted by Crippen LogP contribution is -2.56. The normalized spacial score (nSPS) is 19.9. The molecule has 0 N–H and O–H groups in total. The number of carbonyl (C=O) groups excluding carboxylic acids is 4. The number of phosphoric ester groups is 1. The molecule has 1 saturated heterocycles. The zero-order valence-electron chi connectivity index (χ0n) is 16.0. The molecule has 0 radical (unpaired) electrons. The van der Waals surface area contributed by atoms with Gasteiger partial charge >= 0.3 is 7.82 Å². The van der Waals surface area contributed by atoms with Gasteiger partial charge in [0.2, 0.25) is 5.91 Å². The van der Waals surface area contributed by atoms with Crippen LogP contribution in [0.3, 0.4) is 0 Å². The van der Waals surface area contributed by atoms with Crippen LogP contribution >= 0.6 is 7.82 Å². The third-order valence-corrected chi connectivity index (χ3v) is 6.12. The van der Waals surface area contributed by atoms with Crippen LogP contribution in [-0.2, 0) is 27.7 Å². The van der Waals surface area contributed by atoms with Gasteiger partial charge in [-0.25, -0.2) is 4.57 Å². The number of likely N-dealkylation sites (tertiary alicyclic amines) is 1. The number of carbonyl (C=O) groups is 4.